The summed E-state index contributed by atoms with van der Waals surface area (Å²) in [5.41, 5.74) is 4.03. The maximum Gasteiger partial charge on any atom is 0.0690 e. The lowest BCUT2D eigenvalue weighted by Gasteiger charge is -2.42. The molecule has 2 nitrogen and oxygen atoms in total. The van der Waals surface area contributed by atoms with Crippen LogP contribution in [0.15, 0.2) is 18.2 Å². The molecule has 0 saturated carbocycles. The summed E-state index contributed by atoms with van der Waals surface area (Å²) in [6, 6.07) is 9.04. The first-order chi connectivity index (χ1) is 8.44. The van der Waals surface area contributed by atoms with Crippen LogP contribution in [0.5, 0.6) is 0 Å². The van der Waals surface area contributed by atoms with E-state index in [0.717, 1.165) is 19.5 Å². The molecule has 1 fully saturated rings. The van der Waals surface area contributed by atoms with Crippen molar-refractivity contribution in [2.24, 2.45) is 11.3 Å². The zero-order chi connectivity index (χ0) is 13.3. The molecule has 96 valence electrons. The van der Waals surface area contributed by atoms with Gasteiger partial charge in [-0.3, -0.25) is 0 Å². The van der Waals surface area contributed by atoms with Gasteiger partial charge in [-0.1, -0.05) is 26.0 Å². The molecule has 0 amide bonds. The van der Waals surface area contributed by atoms with Crippen LogP contribution in [-0.4, -0.2) is 13.1 Å². The molecule has 1 aromatic rings. The van der Waals surface area contributed by atoms with Crippen LogP contribution in [0.1, 0.15) is 31.4 Å². The fourth-order valence-corrected chi connectivity index (χ4v) is 2.65. The molecule has 2 rings (SSSR count). The summed E-state index contributed by atoms with van der Waals surface area (Å²) < 4.78 is 0. The van der Waals surface area contributed by atoms with Gasteiger partial charge >= 0.3 is 0 Å². The number of nitriles is 1. The lowest BCUT2D eigenvalue weighted by Crippen LogP contribution is -2.44. The van der Waals surface area contributed by atoms with E-state index in [1.165, 1.54) is 16.8 Å². The first-order valence-electron chi connectivity index (χ1n) is 6.66. The number of aryl methyl sites for hydroxylation is 2. The smallest absolute Gasteiger partial charge is 0.0690 e. The van der Waals surface area contributed by atoms with Gasteiger partial charge in [0.1, 0.15) is 0 Å². The third kappa shape index (κ3) is 2.36. The highest BCUT2D eigenvalue weighted by atomic mass is 15.1. The van der Waals surface area contributed by atoms with Crippen molar-refractivity contribution in [2.75, 3.05) is 18.0 Å². The van der Waals surface area contributed by atoms with E-state index in [4.69, 9.17) is 0 Å². The van der Waals surface area contributed by atoms with E-state index in [1.54, 1.807) is 0 Å². The summed E-state index contributed by atoms with van der Waals surface area (Å²) in [7, 11) is 0. The quantitative estimate of drug-likeness (QED) is 0.751. The first-order valence-corrected chi connectivity index (χ1v) is 6.66. The van der Waals surface area contributed by atoms with Crippen molar-refractivity contribution in [2.45, 2.75) is 34.1 Å². The summed E-state index contributed by atoms with van der Waals surface area (Å²) in [5.74, 6) is 0.117. The van der Waals surface area contributed by atoms with Gasteiger partial charge in [0.15, 0.2) is 0 Å². The van der Waals surface area contributed by atoms with Gasteiger partial charge in [-0.2, -0.15) is 5.26 Å². The zero-order valence-electron chi connectivity index (χ0n) is 11.8. The molecule has 0 N–H and O–H groups in total. The Labute approximate surface area is 110 Å². The van der Waals surface area contributed by atoms with Gasteiger partial charge in [0.25, 0.3) is 0 Å². The zero-order valence-corrected chi connectivity index (χ0v) is 11.8. The lowest BCUT2D eigenvalue weighted by atomic mass is 9.74. The summed E-state index contributed by atoms with van der Waals surface area (Å²) in [4.78, 5) is 2.38. The molecule has 0 radical (unpaired) electrons. The van der Waals surface area contributed by atoms with E-state index in [9.17, 15) is 5.26 Å². The van der Waals surface area contributed by atoms with Crippen LogP contribution in [0, 0.1) is 36.5 Å². The SMILES string of the molecule is Cc1ccc(C)c(N2CCC(C)(C)C(C#N)C2)c1. The van der Waals surface area contributed by atoms with E-state index in [1.807, 2.05) is 0 Å². The Morgan fingerprint density at radius 1 is 1.33 bits per heavy atom. The number of nitrogens with zero attached hydrogens (tertiary/aromatic N) is 2. The van der Waals surface area contributed by atoms with Gasteiger partial charge in [-0.05, 0) is 42.9 Å². The van der Waals surface area contributed by atoms with Crippen LogP contribution in [0.25, 0.3) is 0 Å². The van der Waals surface area contributed by atoms with E-state index in [0.29, 0.717) is 0 Å². The second-order valence-corrected chi connectivity index (χ2v) is 6.16. The summed E-state index contributed by atoms with van der Waals surface area (Å²) in [5, 5.41) is 9.34. The predicted molar refractivity (Wildman–Crippen MR) is 75.6 cm³/mol. The van der Waals surface area contributed by atoms with Gasteiger partial charge in [0.05, 0.1) is 12.0 Å². The standard InChI is InChI=1S/C16H22N2/c1-12-5-6-13(2)15(9-12)18-8-7-16(3,4)14(10-17)11-18/h5-6,9,14H,7-8,11H2,1-4H3. The van der Waals surface area contributed by atoms with Crippen molar-refractivity contribution >= 4 is 5.69 Å². The average molecular weight is 242 g/mol. The summed E-state index contributed by atoms with van der Waals surface area (Å²) in [6.07, 6.45) is 1.08. The monoisotopic (exact) mass is 242 g/mol. The average Bonchev–Trinajstić information content (AvgIpc) is 2.32. The Bertz CT molecular complexity index is 482. The van der Waals surface area contributed by atoms with Crippen LogP contribution in [0.2, 0.25) is 0 Å². The van der Waals surface area contributed by atoms with Crippen LogP contribution in [0.3, 0.4) is 0 Å². The highest BCUT2D eigenvalue weighted by Crippen LogP contribution is 2.37. The minimum atomic E-state index is 0.117. The molecule has 1 saturated heterocycles. The number of piperidine rings is 1. The van der Waals surface area contributed by atoms with E-state index < -0.39 is 0 Å². The predicted octanol–water partition coefficient (Wildman–Crippen LogP) is 3.68. The second kappa shape index (κ2) is 4.65. The molecule has 1 aliphatic rings. The second-order valence-electron chi connectivity index (χ2n) is 6.16. The van der Waals surface area contributed by atoms with Gasteiger partial charge < -0.3 is 4.90 Å². The number of hydrogen-bond donors (Lipinski definition) is 0. The van der Waals surface area contributed by atoms with Crippen LogP contribution in [0.4, 0.5) is 5.69 Å². The Morgan fingerprint density at radius 2 is 2.06 bits per heavy atom. The van der Waals surface area contributed by atoms with Crippen molar-refractivity contribution in [3.05, 3.63) is 29.3 Å². The number of rotatable bonds is 1. The molecule has 0 aromatic heterocycles. The minimum Gasteiger partial charge on any atom is -0.370 e. The fourth-order valence-electron chi connectivity index (χ4n) is 2.65. The van der Waals surface area contributed by atoms with Crippen molar-refractivity contribution in [3.63, 3.8) is 0 Å². The third-order valence-corrected chi connectivity index (χ3v) is 4.23. The van der Waals surface area contributed by atoms with Crippen molar-refractivity contribution in [1.82, 2.24) is 0 Å². The van der Waals surface area contributed by atoms with Crippen LogP contribution >= 0.6 is 0 Å². The van der Waals surface area contributed by atoms with E-state index in [2.05, 4.69) is 56.9 Å². The van der Waals surface area contributed by atoms with Crippen molar-refractivity contribution < 1.29 is 0 Å². The molecule has 1 aliphatic heterocycles. The maximum absolute atomic E-state index is 9.34. The molecular formula is C16H22N2. The molecule has 0 aliphatic carbocycles. The molecule has 0 bridgehead atoms. The Kier molecular flexibility index (Phi) is 3.34. The minimum absolute atomic E-state index is 0.117. The molecule has 1 heterocycles. The molecule has 1 atom stereocenters. The highest BCUT2D eigenvalue weighted by Gasteiger charge is 2.35. The Hall–Kier alpha value is -1.49. The number of benzene rings is 1. The molecule has 2 heteroatoms. The largest absolute Gasteiger partial charge is 0.370 e. The fraction of sp³-hybridized carbons (Fsp3) is 0.562. The first kappa shape index (κ1) is 13.0. The lowest BCUT2D eigenvalue weighted by molar-refractivity contribution is 0.217. The molecule has 18 heavy (non-hydrogen) atoms. The van der Waals surface area contributed by atoms with Gasteiger partial charge in [-0.25, -0.2) is 0 Å². The maximum atomic E-state index is 9.34. The molecule has 1 aromatic carbocycles. The van der Waals surface area contributed by atoms with Gasteiger partial charge in [-0.15, -0.1) is 0 Å². The Balaban J connectivity index is 2.26. The van der Waals surface area contributed by atoms with E-state index in [-0.39, 0.29) is 11.3 Å². The van der Waals surface area contributed by atoms with Crippen LogP contribution < -0.4 is 4.90 Å². The summed E-state index contributed by atoms with van der Waals surface area (Å²) >= 11 is 0. The normalized spacial score (nSPS) is 22.6. The molecule has 0 spiro atoms. The van der Waals surface area contributed by atoms with Crippen molar-refractivity contribution in [1.29, 1.82) is 5.26 Å². The molecular weight excluding hydrogens is 220 g/mol. The topological polar surface area (TPSA) is 27.0 Å². The number of hydrogen-bond acceptors (Lipinski definition) is 2. The summed E-state index contributed by atoms with van der Waals surface area (Å²) in [6.45, 7) is 10.6. The Morgan fingerprint density at radius 3 is 2.72 bits per heavy atom. The van der Waals surface area contributed by atoms with E-state index >= 15 is 0 Å². The molecule has 1 unspecified atom stereocenters. The van der Waals surface area contributed by atoms with Crippen molar-refractivity contribution in [3.8, 4) is 6.07 Å². The van der Waals surface area contributed by atoms with Gasteiger partial charge in [0.2, 0.25) is 0 Å². The van der Waals surface area contributed by atoms with Crippen LogP contribution in [-0.2, 0) is 0 Å². The van der Waals surface area contributed by atoms with Gasteiger partial charge in [0, 0.05) is 18.8 Å². The highest BCUT2D eigenvalue weighted by molar-refractivity contribution is 5.55. The number of anilines is 1. The third-order valence-electron chi connectivity index (χ3n) is 4.23.